The van der Waals surface area contributed by atoms with E-state index in [2.05, 4.69) is 0 Å². The standard InChI is InChI=1S/C19H16Cl2F3NO3/c20-13-6-4-11(5-7-13)17-18(12-2-1-3-14(21)8-12)28-10-16(27)25(17)15(9-26)19(22,23)24/h1-8,15,17-18,26H,9-10H2. The van der Waals surface area contributed by atoms with Crippen LogP contribution in [0.3, 0.4) is 0 Å². The lowest BCUT2D eigenvalue weighted by atomic mass is 9.91. The number of hydrogen-bond donors (Lipinski definition) is 1. The maximum atomic E-state index is 13.6. The summed E-state index contributed by atoms with van der Waals surface area (Å²) in [6, 6.07) is 9.11. The lowest BCUT2D eigenvalue weighted by molar-refractivity contribution is -0.220. The molecule has 1 amide bonds. The monoisotopic (exact) mass is 433 g/mol. The Morgan fingerprint density at radius 3 is 2.36 bits per heavy atom. The molecule has 0 bridgehead atoms. The summed E-state index contributed by atoms with van der Waals surface area (Å²) in [4.78, 5) is 13.1. The zero-order chi connectivity index (χ0) is 20.5. The molecule has 0 radical (unpaired) electrons. The Balaban J connectivity index is 2.14. The van der Waals surface area contributed by atoms with Gasteiger partial charge in [-0.15, -0.1) is 0 Å². The molecule has 3 unspecified atom stereocenters. The molecule has 3 rings (SSSR count). The molecule has 9 heteroatoms. The van der Waals surface area contributed by atoms with E-state index in [9.17, 15) is 23.1 Å². The summed E-state index contributed by atoms with van der Waals surface area (Å²) >= 11 is 11.9. The van der Waals surface area contributed by atoms with E-state index in [-0.39, 0.29) is 0 Å². The summed E-state index contributed by atoms with van der Waals surface area (Å²) in [6.45, 7) is -1.81. The smallest absolute Gasteiger partial charge is 0.394 e. The van der Waals surface area contributed by atoms with Gasteiger partial charge in [0.15, 0.2) is 6.04 Å². The van der Waals surface area contributed by atoms with E-state index in [1.807, 2.05) is 0 Å². The number of nitrogens with zero attached hydrogens (tertiary/aromatic N) is 1. The Kier molecular flexibility index (Phi) is 6.19. The van der Waals surface area contributed by atoms with Gasteiger partial charge in [-0.1, -0.05) is 47.5 Å². The summed E-state index contributed by atoms with van der Waals surface area (Å²) in [5.74, 6) is -0.866. The van der Waals surface area contributed by atoms with Gasteiger partial charge in [-0.2, -0.15) is 13.2 Å². The molecule has 0 spiro atoms. The molecule has 3 atom stereocenters. The first-order valence-corrected chi connectivity index (χ1v) is 9.09. The summed E-state index contributed by atoms with van der Waals surface area (Å²) < 4.78 is 46.4. The Morgan fingerprint density at radius 1 is 1.11 bits per heavy atom. The topological polar surface area (TPSA) is 49.8 Å². The van der Waals surface area contributed by atoms with Crippen LogP contribution in [0.15, 0.2) is 48.5 Å². The van der Waals surface area contributed by atoms with Crippen LogP contribution in [0.5, 0.6) is 0 Å². The lowest BCUT2D eigenvalue weighted by Gasteiger charge is -2.45. The predicted molar refractivity (Wildman–Crippen MR) is 98.1 cm³/mol. The molecule has 4 nitrogen and oxygen atoms in total. The third-order valence-electron chi connectivity index (χ3n) is 4.54. The van der Waals surface area contributed by atoms with Crippen molar-refractivity contribution >= 4 is 29.1 Å². The number of benzene rings is 2. The van der Waals surface area contributed by atoms with Crippen LogP contribution in [0.25, 0.3) is 0 Å². The van der Waals surface area contributed by atoms with E-state index < -0.39 is 43.5 Å². The Labute approximate surface area is 169 Å². The summed E-state index contributed by atoms with van der Waals surface area (Å²) in [5, 5.41) is 10.2. The van der Waals surface area contributed by atoms with Crippen LogP contribution in [0.2, 0.25) is 10.0 Å². The van der Waals surface area contributed by atoms with Gasteiger partial charge < -0.3 is 14.7 Å². The van der Waals surface area contributed by atoms with Crippen LogP contribution in [-0.4, -0.2) is 41.3 Å². The SMILES string of the molecule is O=C1COC(c2cccc(Cl)c2)C(c2ccc(Cl)cc2)N1C(CO)C(F)(F)F. The highest BCUT2D eigenvalue weighted by Gasteiger charge is 2.51. The number of aliphatic hydroxyl groups is 1. The minimum atomic E-state index is -4.81. The van der Waals surface area contributed by atoms with Crippen LogP contribution in [0, 0.1) is 0 Å². The molecule has 1 aliphatic heterocycles. The zero-order valence-electron chi connectivity index (χ0n) is 14.4. The van der Waals surface area contributed by atoms with E-state index in [1.165, 1.54) is 24.3 Å². The lowest BCUT2D eigenvalue weighted by Crippen LogP contribution is -2.57. The van der Waals surface area contributed by atoms with Crippen molar-refractivity contribution in [2.45, 2.75) is 24.4 Å². The van der Waals surface area contributed by atoms with Gasteiger partial charge in [0.1, 0.15) is 12.7 Å². The zero-order valence-corrected chi connectivity index (χ0v) is 15.9. The van der Waals surface area contributed by atoms with Crippen LogP contribution in [0.4, 0.5) is 13.2 Å². The Morgan fingerprint density at radius 2 is 1.79 bits per heavy atom. The van der Waals surface area contributed by atoms with Gasteiger partial charge >= 0.3 is 6.18 Å². The van der Waals surface area contributed by atoms with Crippen molar-refractivity contribution < 1.29 is 27.8 Å². The van der Waals surface area contributed by atoms with Gasteiger partial charge in [-0.05, 0) is 35.4 Å². The fourth-order valence-corrected chi connectivity index (χ4v) is 3.63. The second kappa shape index (κ2) is 8.29. The van der Waals surface area contributed by atoms with Crippen molar-refractivity contribution in [3.63, 3.8) is 0 Å². The molecule has 0 aliphatic carbocycles. The first-order chi connectivity index (χ1) is 13.2. The average Bonchev–Trinajstić information content (AvgIpc) is 2.63. The van der Waals surface area contributed by atoms with Crippen molar-refractivity contribution in [1.29, 1.82) is 0 Å². The first kappa shape index (κ1) is 20.9. The van der Waals surface area contributed by atoms with E-state index in [0.29, 0.717) is 26.1 Å². The molecular formula is C19H16Cl2F3NO3. The van der Waals surface area contributed by atoms with E-state index in [0.717, 1.165) is 0 Å². The highest BCUT2D eigenvalue weighted by Crippen LogP contribution is 2.44. The number of halogens is 5. The second-order valence-corrected chi connectivity index (χ2v) is 7.20. The highest BCUT2D eigenvalue weighted by molar-refractivity contribution is 6.30. The number of aliphatic hydroxyl groups excluding tert-OH is 1. The second-order valence-electron chi connectivity index (χ2n) is 6.32. The summed E-state index contributed by atoms with van der Waals surface area (Å²) in [6.07, 6.45) is -5.72. The normalized spacial score (nSPS) is 21.6. The number of carbonyl (C=O) groups is 1. The molecule has 1 N–H and O–H groups in total. The maximum Gasteiger partial charge on any atom is 0.411 e. The number of ether oxygens (including phenoxy) is 1. The number of morpholine rings is 1. The minimum absolute atomic E-state index is 0.383. The van der Waals surface area contributed by atoms with E-state index in [4.69, 9.17) is 27.9 Å². The van der Waals surface area contributed by atoms with Crippen molar-refractivity contribution in [3.05, 3.63) is 69.7 Å². The largest absolute Gasteiger partial charge is 0.411 e. The van der Waals surface area contributed by atoms with Crippen LogP contribution < -0.4 is 0 Å². The molecule has 1 fully saturated rings. The molecule has 2 aromatic carbocycles. The Bertz CT molecular complexity index is 845. The van der Waals surface area contributed by atoms with Crippen molar-refractivity contribution in [3.8, 4) is 0 Å². The number of alkyl halides is 3. The predicted octanol–water partition coefficient (Wildman–Crippen LogP) is 4.56. The first-order valence-electron chi connectivity index (χ1n) is 8.33. The number of rotatable bonds is 4. The third kappa shape index (κ3) is 4.27. The molecule has 1 saturated heterocycles. The maximum absolute atomic E-state index is 13.6. The van der Waals surface area contributed by atoms with Gasteiger partial charge in [0.2, 0.25) is 5.91 Å². The van der Waals surface area contributed by atoms with Gasteiger partial charge in [0, 0.05) is 10.0 Å². The molecule has 150 valence electrons. The molecule has 1 heterocycles. The molecule has 1 aliphatic rings. The average molecular weight is 434 g/mol. The third-order valence-corrected chi connectivity index (χ3v) is 5.02. The molecule has 28 heavy (non-hydrogen) atoms. The van der Waals surface area contributed by atoms with Crippen LogP contribution in [-0.2, 0) is 9.53 Å². The van der Waals surface area contributed by atoms with Gasteiger partial charge in [-0.3, -0.25) is 4.79 Å². The van der Waals surface area contributed by atoms with Crippen LogP contribution >= 0.6 is 23.2 Å². The van der Waals surface area contributed by atoms with Gasteiger partial charge in [-0.25, -0.2) is 0 Å². The number of amides is 1. The molecule has 2 aromatic rings. The van der Waals surface area contributed by atoms with Crippen molar-refractivity contribution in [1.82, 2.24) is 4.90 Å². The fourth-order valence-electron chi connectivity index (χ4n) is 3.30. The van der Waals surface area contributed by atoms with Crippen LogP contribution in [0.1, 0.15) is 23.3 Å². The van der Waals surface area contributed by atoms with Crippen molar-refractivity contribution in [2.75, 3.05) is 13.2 Å². The summed E-state index contributed by atoms with van der Waals surface area (Å²) in [5.41, 5.74) is 0.911. The fraction of sp³-hybridized carbons (Fsp3) is 0.316. The summed E-state index contributed by atoms with van der Waals surface area (Å²) in [7, 11) is 0. The molecule has 0 saturated carbocycles. The quantitative estimate of drug-likeness (QED) is 0.768. The molecule has 0 aromatic heterocycles. The van der Waals surface area contributed by atoms with E-state index in [1.54, 1.807) is 24.3 Å². The minimum Gasteiger partial charge on any atom is -0.394 e. The molecular weight excluding hydrogens is 418 g/mol. The van der Waals surface area contributed by atoms with Crippen molar-refractivity contribution in [2.24, 2.45) is 0 Å². The number of carbonyl (C=O) groups excluding carboxylic acids is 1. The van der Waals surface area contributed by atoms with E-state index >= 15 is 0 Å². The number of hydrogen-bond acceptors (Lipinski definition) is 3. The van der Waals surface area contributed by atoms with Gasteiger partial charge in [0.25, 0.3) is 0 Å². The highest BCUT2D eigenvalue weighted by atomic mass is 35.5. The Hall–Kier alpha value is -1.80. The van der Waals surface area contributed by atoms with Gasteiger partial charge in [0.05, 0.1) is 12.6 Å².